The lowest BCUT2D eigenvalue weighted by Crippen LogP contribution is -2.38. The Hall–Kier alpha value is -7.12. The van der Waals surface area contributed by atoms with Gasteiger partial charge in [0.15, 0.2) is 22.6 Å². The minimum Gasteiger partial charge on any atom is -0.384 e. The van der Waals surface area contributed by atoms with Gasteiger partial charge in [0, 0.05) is 60.4 Å². The van der Waals surface area contributed by atoms with E-state index < -0.39 is 0 Å². The minimum absolute atomic E-state index is 0. The Balaban J connectivity index is 0.000000271. The zero-order chi connectivity index (χ0) is 46.7. The summed E-state index contributed by atoms with van der Waals surface area (Å²) < 4.78 is 5.37. The van der Waals surface area contributed by atoms with Gasteiger partial charge in [-0.2, -0.15) is 0 Å². The van der Waals surface area contributed by atoms with Crippen LogP contribution >= 0.6 is 0 Å². The molecule has 7 N–H and O–H groups in total. The molecule has 5 aromatic heterocycles. The van der Waals surface area contributed by atoms with Crippen molar-refractivity contribution in [2.75, 3.05) is 5.73 Å². The highest BCUT2D eigenvalue weighted by Gasteiger charge is 2.15. The molecule has 20 nitrogen and oxygen atoms in total. The number of carbonyl (C=O) groups is 1. The van der Waals surface area contributed by atoms with Crippen LogP contribution in [0, 0.1) is 20.8 Å². The zero-order valence-electron chi connectivity index (χ0n) is 38.0. The number of hydrogen-bond acceptors (Lipinski definition) is 14. The number of fused-ring (bicyclic) bond motifs is 2. The predicted molar refractivity (Wildman–Crippen MR) is 252 cm³/mol. The standard InChI is InChI=1S/C9H13N5.C9H12N4O.C8H13N3.C8H12N2O2.C8H12N2O.CH4/c1-5(2)14-4-11-7-8(10)12-6(3)13-9(7)14;1-5(2)13-4-10-7-8(13)11-6(3)12-9(7)14;1-6(2)11-5-4-8(9)10-7(11)3;1-5(2)10-4-6(3)7(11)9-8(10)12;1-6(2)10-5-4-8(11)9-7(10)3;/h4-5H,1-3H3,(H2,10,12,13);4-5H,1-3H3,(H,11,12,14);4-6H,3H2,1-2H3,(H2,9,10);4-5H,1-3H3,(H,9,11,12);4-6H,3H2,1-2H3,(H,9,11);1H4. The Morgan fingerprint density at radius 3 is 1.67 bits per heavy atom. The highest BCUT2D eigenvalue weighted by atomic mass is 16.2. The average Bonchev–Trinajstić information content (AvgIpc) is 3.79. The molecule has 0 unspecified atom stereocenters. The summed E-state index contributed by atoms with van der Waals surface area (Å²) in [4.78, 5) is 78.0. The number of hydrogen-bond donors (Lipinski definition) is 5. The fourth-order valence-corrected chi connectivity index (χ4v) is 5.74. The minimum atomic E-state index is -0.347. The Labute approximate surface area is 368 Å². The van der Waals surface area contributed by atoms with Gasteiger partial charge in [0.1, 0.15) is 34.6 Å². The van der Waals surface area contributed by atoms with E-state index in [2.05, 4.69) is 86.0 Å². The van der Waals surface area contributed by atoms with Gasteiger partial charge in [-0.3, -0.25) is 23.9 Å². The Morgan fingerprint density at radius 2 is 1.16 bits per heavy atom. The van der Waals surface area contributed by atoms with Crippen LogP contribution in [-0.4, -0.2) is 82.2 Å². The molecule has 7 heterocycles. The maximum Gasteiger partial charge on any atom is 0.328 e. The number of H-pyrrole nitrogens is 2. The first-order valence-electron chi connectivity index (χ1n) is 20.1. The fraction of sp³-hybridized carbons (Fsp3) is 0.442. The summed E-state index contributed by atoms with van der Waals surface area (Å²) in [5.74, 6) is 3.51. The SMILES string of the molecule is C.C=C1N=C(N)C=CN1C(C)C.C=C1NC(=O)C=CN1C(C)C.Cc1cn(C(C)C)c(=O)[nH]c1=O.Cc1nc(N)c2ncn(C(C)C)c2n1.Cc1nc2c(ncn2C(C)C)c(=O)[nH]1. The Bertz CT molecular complexity index is 2650. The largest absolute Gasteiger partial charge is 0.384 e. The summed E-state index contributed by atoms with van der Waals surface area (Å²) in [6.45, 7) is 33.0. The second kappa shape index (κ2) is 22.6. The fourth-order valence-electron chi connectivity index (χ4n) is 5.74. The second-order valence-corrected chi connectivity index (χ2v) is 15.7. The predicted octanol–water partition coefficient (Wildman–Crippen LogP) is 5.23. The van der Waals surface area contributed by atoms with E-state index in [4.69, 9.17) is 11.5 Å². The molecule has 2 aliphatic heterocycles. The van der Waals surface area contributed by atoms with Crippen LogP contribution in [-0.2, 0) is 4.79 Å². The molecule has 7 rings (SSSR count). The molecular formula is C43H66N16O4. The molecule has 1 amide bonds. The topological polar surface area (TPSA) is 262 Å². The maximum atomic E-state index is 11.5. The molecule has 0 radical (unpaired) electrons. The lowest BCUT2D eigenvalue weighted by molar-refractivity contribution is -0.116. The normalized spacial score (nSPS) is 13.2. The molecule has 5 aromatic rings. The first-order chi connectivity index (χ1) is 28.9. The van der Waals surface area contributed by atoms with Crippen molar-refractivity contribution in [3.8, 4) is 0 Å². The zero-order valence-corrected chi connectivity index (χ0v) is 38.0. The smallest absolute Gasteiger partial charge is 0.328 e. The van der Waals surface area contributed by atoms with Crippen molar-refractivity contribution in [3.63, 3.8) is 0 Å². The van der Waals surface area contributed by atoms with Gasteiger partial charge in [-0.25, -0.2) is 34.7 Å². The molecule has 2 aliphatic rings. The van der Waals surface area contributed by atoms with E-state index >= 15 is 0 Å². The molecule has 0 aliphatic carbocycles. The first kappa shape index (κ1) is 52.0. The van der Waals surface area contributed by atoms with Gasteiger partial charge in [-0.15, -0.1) is 0 Å². The number of amidine groups is 1. The van der Waals surface area contributed by atoms with E-state index in [9.17, 15) is 19.2 Å². The summed E-state index contributed by atoms with van der Waals surface area (Å²) in [6, 6.07) is 1.38. The maximum absolute atomic E-state index is 11.5. The van der Waals surface area contributed by atoms with E-state index in [1.165, 1.54) is 10.6 Å². The molecule has 0 spiro atoms. The van der Waals surface area contributed by atoms with E-state index in [1.807, 2.05) is 73.6 Å². The molecule has 0 bridgehead atoms. The van der Waals surface area contributed by atoms with E-state index in [0.717, 1.165) is 5.65 Å². The highest BCUT2D eigenvalue weighted by Crippen LogP contribution is 2.19. The van der Waals surface area contributed by atoms with Gasteiger partial charge in [-0.05, 0) is 96.1 Å². The molecule has 20 heteroatoms. The number of nitrogens with one attached hydrogen (secondary N) is 3. The van der Waals surface area contributed by atoms with Gasteiger partial charge < -0.3 is 40.7 Å². The van der Waals surface area contributed by atoms with Gasteiger partial charge in [0.25, 0.3) is 17.0 Å². The number of nitrogen functional groups attached to an aromatic ring is 1. The highest BCUT2D eigenvalue weighted by molar-refractivity contribution is 5.92. The molecule has 0 atom stereocenters. The molecule has 0 fully saturated rings. The number of aliphatic imine (C=N–C) groups is 1. The summed E-state index contributed by atoms with van der Waals surface area (Å²) >= 11 is 0. The molecular weight excluding hydrogens is 805 g/mol. The van der Waals surface area contributed by atoms with Gasteiger partial charge in [-0.1, -0.05) is 20.6 Å². The van der Waals surface area contributed by atoms with Crippen LogP contribution in [0.4, 0.5) is 5.82 Å². The van der Waals surface area contributed by atoms with Gasteiger partial charge >= 0.3 is 5.69 Å². The van der Waals surface area contributed by atoms with Crippen molar-refractivity contribution >= 4 is 39.9 Å². The van der Waals surface area contributed by atoms with Crippen molar-refractivity contribution < 1.29 is 4.79 Å². The Kier molecular flexibility index (Phi) is 18.7. The molecule has 0 saturated carbocycles. The monoisotopic (exact) mass is 871 g/mol. The van der Waals surface area contributed by atoms with Gasteiger partial charge in [0.05, 0.1) is 12.7 Å². The molecule has 342 valence electrons. The van der Waals surface area contributed by atoms with Gasteiger partial charge in [0.2, 0.25) is 0 Å². The van der Waals surface area contributed by atoms with Crippen molar-refractivity contribution in [1.29, 1.82) is 0 Å². The van der Waals surface area contributed by atoms with Crippen LogP contribution < -0.4 is 33.6 Å². The number of carbonyl (C=O) groups excluding carboxylic acids is 1. The lowest BCUT2D eigenvalue weighted by atomic mass is 10.3. The van der Waals surface area contributed by atoms with Crippen LogP contribution in [0.1, 0.15) is 112 Å². The van der Waals surface area contributed by atoms with Crippen LogP contribution in [0.5, 0.6) is 0 Å². The number of amides is 1. The number of aromatic nitrogens is 10. The van der Waals surface area contributed by atoms with Crippen LogP contribution in [0.15, 0.2) is 87.6 Å². The molecule has 0 aromatic carbocycles. The molecule has 63 heavy (non-hydrogen) atoms. The van der Waals surface area contributed by atoms with Crippen molar-refractivity contribution in [2.24, 2.45) is 10.7 Å². The van der Waals surface area contributed by atoms with E-state index in [-0.39, 0.29) is 42.2 Å². The average molecular weight is 871 g/mol. The summed E-state index contributed by atoms with van der Waals surface area (Å²) in [6.07, 6.45) is 11.9. The summed E-state index contributed by atoms with van der Waals surface area (Å²) in [7, 11) is 0. The third-order valence-electron chi connectivity index (χ3n) is 8.97. The van der Waals surface area contributed by atoms with Crippen LogP contribution in [0.25, 0.3) is 22.3 Å². The number of anilines is 1. The summed E-state index contributed by atoms with van der Waals surface area (Å²) in [5, 5.41) is 2.62. The quantitative estimate of drug-likeness (QED) is 0.152. The molecule has 0 saturated heterocycles. The second-order valence-electron chi connectivity index (χ2n) is 15.7. The third-order valence-corrected chi connectivity index (χ3v) is 8.97. The van der Waals surface area contributed by atoms with Crippen molar-refractivity contribution in [2.45, 2.75) is 128 Å². The number of nitrogens with zero attached hydrogens (tertiary/aromatic N) is 11. The number of aryl methyl sites for hydroxylation is 3. The van der Waals surface area contributed by atoms with Crippen molar-refractivity contribution in [1.82, 2.24) is 63.7 Å². The number of aromatic amines is 2. The number of imidazole rings is 2. The van der Waals surface area contributed by atoms with E-state index in [0.29, 0.717) is 75.3 Å². The van der Waals surface area contributed by atoms with Crippen LogP contribution in [0.3, 0.4) is 0 Å². The number of nitrogens with two attached hydrogens (primary N) is 2. The van der Waals surface area contributed by atoms with Crippen LogP contribution in [0.2, 0.25) is 0 Å². The first-order valence-corrected chi connectivity index (χ1v) is 20.1. The van der Waals surface area contributed by atoms with E-state index in [1.54, 1.807) is 45.0 Å². The Morgan fingerprint density at radius 1 is 0.635 bits per heavy atom. The summed E-state index contributed by atoms with van der Waals surface area (Å²) in [5.41, 5.74) is 13.5. The van der Waals surface area contributed by atoms with Crippen molar-refractivity contribution in [3.05, 3.63) is 117 Å². The third kappa shape index (κ3) is 14.0. The lowest BCUT2D eigenvalue weighted by Gasteiger charge is -2.29. The number of rotatable bonds is 5.